The maximum atomic E-state index is 9.50. The Kier molecular flexibility index (Phi) is 9.21. The molecule has 0 unspecified atom stereocenters. The highest BCUT2D eigenvalue weighted by molar-refractivity contribution is 5.32. The summed E-state index contributed by atoms with van der Waals surface area (Å²) in [6.45, 7) is 2.18. The van der Waals surface area contributed by atoms with Gasteiger partial charge in [-0.3, -0.25) is 0 Å². The van der Waals surface area contributed by atoms with E-state index in [0.717, 1.165) is 56.3 Å². The molecular formula is C25H31NO. The summed E-state index contributed by atoms with van der Waals surface area (Å²) in [6, 6.07) is 23.7. The number of nitrogens with zero attached hydrogens (tertiary/aromatic N) is 1. The van der Waals surface area contributed by atoms with Crippen molar-refractivity contribution in [3.63, 3.8) is 0 Å². The van der Waals surface area contributed by atoms with Gasteiger partial charge in [0, 0.05) is 12.3 Å². The summed E-state index contributed by atoms with van der Waals surface area (Å²) < 4.78 is 5.58. The molecule has 0 bridgehead atoms. The average Bonchev–Trinajstić information content (AvgIpc) is 2.73. The smallest absolute Gasteiger partial charge is 0.109 e. The van der Waals surface area contributed by atoms with E-state index < -0.39 is 0 Å². The summed E-state index contributed by atoms with van der Waals surface area (Å²) in [5.74, 6) is 1.24. The third kappa shape index (κ3) is 6.61. The maximum Gasteiger partial charge on any atom is 0.109 e. The van der Waals surface area contributed by atoms with Gasteiger partial charge in [0.1, 0.15) is 5.76 Å². The van der Waals surface area contributed by atoms with Crippen molar-refractivity contribution in [3.8, 4) is 6.07 Å². The molecule has 0 saturated heterocycles. The zero-order valence-electron chi connectivity index (χ0n) is 16.7. The first-order valence-corrected chi connectivity index (χ1v) is 10.1. The van der Waals surface area contributed by atoms with E-state index in [4.69, 9.17) is 4.74 Å². The first-order valence-electron chi connectivity index (χ1n) is 10.1. The van der Waals surface area contributed by atoms with E-state index in [1.165, 1.54) is 11.1 Å². The quantitative estimate of drug-likeness (QED) is 0.245. The van der Waals surface area contributed by atoms with Gasteiger partial charge in [0.2, 0.25) is 0 Å². The van der Waals surface area contributed by atoms with Crippen LogP contribution in [0.15, 0.2) is 72.0 Å². The molecule has 0 aromatic heterocycles. The van der Waals surface area contributed by atoms with Gasteiger partial charge in [-0.2, -0.15) is 5.26 Å². The monoisotopic (exact) mass is 361 g/mol. The zero-order chi connectivity index (χ0) is 19.3. The normalized spacial score (nSPS) is 11.8. The minimum absolute atomic E-state index is 0.371. The molecule has 0 amide bonds. The van der Waals surface area contributed by atoms with Crippen molar-refractivity contribution in [2.24, 2.45) is 0 Å². The first-order chi connectivity index (χ1) is 13.3. The predicted octanol–water partition coefficient (Wildman–Crippen LogP) is 6.99. The first kappa shape index (κ1) is 20.8. The molecule has 0 radical (unpaired) electrons. The van der Waals surface area contributed by atoms with Gasteiger partial charge in [0.25, 0.3) is 0 Å². The van der Waals surface area contributed by atoms with E-state index in [1.807, 2.05) is 0 Å². The van der Waals surface area contributed by atoms with Gasteiger partial charge in [-0.15, -0.1) is 0 Å². The van der Waals surface area contributed by atoms with Crippen LogP contribution < -0.4 is 0 Å². The van der Waals surface area contributed by atoms with Crippen LogP contribution in [0.2, 0.25) is 0 Å². The minimum atomic E-state index is 0.371. The Balaban J connectivity index is 2.07. The van der Waals surface area contributed by atoms with Gasteiger partial charge in [-0.05, 0) is 36.8 Å². The molecule has 2 heteroatoms. The summed E-state index contributed by atoms with van der Waals surface area (Å²) in [5, 5.41) is 9.50. The van der Waals surface area contributed by atoms with Crippen LogP contribution in [0.3, 0.4) is 0 Å². The largest absolute Gasteiger partial charge is 0.500 e. The van der Waals surface area contributed by atoms with Crippen LogP contribution in [0.25, 0.3) is 0 Å². The summed E-state index contributed by atoms with van der Waals surface area (Å²) in [7, 11) is 1.69. The highest BCUT2D eigenvalue weighted by Crippen LogP contribution is 2.31. The van der Waals surface area contributed by atoms with E-state index in [9.17, 15) is 5.26 Å². The minimum Gasteiger partial charge on any atom is -0.500 e. The second-order valence-corrected chi connectivity index (χ2v) is 6.94. The number of nitriles is 1. The van der Waals surface area contributed by atoms with E-state index in [-0.39, 0.29) is 0 Å². The number of hydrogen-bond acceptors (Lipinski definition) is 2. The number of rotatable bonds is 11. The van der Waals surface area contributed by atoms with Crippen molar-refractivity contribution >= 4 is 0 Å². The Bertz CT molecular complexity index is 688. The van der Waals surface area contributed by atoms with Crippen molar-refractivity contribution in [2.45, 2.75) is 57.8 Å². The molecule has 0 aliphatic heterocycles. The topological polar surface area (TPSA) is 33.0 Å². The van der Waals surface area contributed by atoms with Crippen LogP contribution >= 0.6 is 0 Å². The van der Waals surface area contributed by atoms with Crippen LogP contribution in [0.1, 0.15) is 68.9 Å². The van der Waals surface area contributed by atoms with Crippen molar-refractivity contribution in [1.29, 1.82) is 5.26 Å². The van der Waals surface area contributed by atoms with Crippen LogP contribution in [-0.4, -0.2) is 7.11 Å². The number of unbranched alkanes of at least 4 members (excludes halogenated alkanes) is 2. The lowest BCUT2D eigenvalue weighted by Gasteiger charge is -2.19. The molecule has 0 N–H and O–H groups in total. The SMILES string of the molecule is CCCCCC(C#N)=C(CCCC(c1ccccc1)c1ccccc1)OC. The maximum absolute atomic E-state index is 9.50. The average molecular weight is 362 g/mol. The van der Waals surface area contributed by atoms with Crippen LogP contribution in [0.5, 0.6) is 0 Å². The van der Waals surface area contributed by atoms with Crippen LogP contribution in [0, 0.1) is 11.3 Å². The molecule has 0 spiro atoms. The number of allylic oxidation sites excluding steroid dienone is 2. The van der Waals surface area contributed by atoms with E-state index in [0.29, 0.717) is 5.92 Å². The van der Waals surface area contributed by atoms with Crippen LogP contribution in [-0.2, 0) is 4.74 Å². The zero-order valence-corrected chi connectivity index (χ0v) is 16.7. The molecule has 0 saturated carbocycles. The molecule has 0 atom stereocenters. The Morgan fingerprint density at radius 1 is 0.889 bits per heavy atom. The fourth-order valence-electron chi connectivity index (χ4n) is 3.55. The van der Waals surface area contributed by atoms with Crippen molar-refractivity contribution in [1.82, 2.24) is 0 Å². The standard InChI is InChI=1S/C25H31NO/c1-3-4-7-17-23(20-26)25(27-2)19-12-18-24(21-13-8-5-9-14-21)22-15-10-6-11-16-22/h5-6,8-11,13-16,24H,3-4,7,12,17-19H2,1-2H3. The van der Waals surface area contributed by atoms with Crippen LogP contribution in [0.4, 0.5) is 0 Å². The van der Waals surface area contributed by atoms with Gasteiger partial charge in [-0.1, -0.05) is 80.4 Å². The molecule has 2 nitrogen and oxygen atoms in total. The van der Waals surface area contributed by atoms with Gasteiger partial charge in [0.05, 0.1) is 18.8 Å². The number of benzene rings is 2. The summed E-state index contributed by atoms with van der Waals surface area (Å²) in [6.07, 6.45) is 7.06. The van der Waals surface area contributed by atoms with Crippen molar-refractivity contribution in [3.05, 3.63) is 83.1 Å². The van der Waals surface area contributed by atoms with Crippen molar-refractivity contribution < 1.29 is 4.74 Å². The molecule has 0 aliphatic rings. The van der Waals surface area contributed by atoms with E-state index in [1.54, 1.807) is 7.11 Å². The van der Waals surface area contributed by atoms with Crippen molar-refractivity contribution in [2.75, 3.05) is 7.11 Å². The summed E-state index contributed by atoms with van der Waals surface area (Å²) in [5.41, 5.74) is 3.51. The Morgan fingerprint density at radius 2 is 1.48 bits per heavy atom. The lowest BCUT2D eigenvalue weighted by molar-refractivity contribution is 0.269. The van der Waals surface area contributed by atoms with E-state index in [2.05, 4.69) is 73.7 Å². The molecular weight excluding hydrogens is 330 g/mol. The lowest BCUT2D eigenvalue weighted by Crippen LogP contribution is -2.02. The summed E-state index contributed by atoms with van der Waals surface area (Å²) in [4.78, 5) is 0. The third-order valence-corrected chi connectivity index (χ3v) is 5.05. The molecule has 2 aromatic rings. The lowest BCUT2D eigenvalue weighted by atomic mass is 9.87. The second kappa shape index (κ2) is 12.0. The third-order valence-electron chi connectivity index (χ3n) is 5.05. The Labute approximate surface area is 164 Å². The fourth-order valence-corrected chi connectivity index (χ4v) is 3.55. The molecule has 0 aliphatic carbocycles. The Morgan fingerprint density at radius 3 is 1.96 bits per heavy atom. The number of hydrogen-bond donors (Lipinski definition) is 0. The molecule has 2 rings (SSSR count). The number of methoxy groups -OCH3 is 1. The molecule has 142 valence electrons. The molecule has 0 fully saturated rings. The second-order valence-electron chi connectivity index (χ2n) is 6.94. The van der Waals surface area contributed by atoms with Gasteiger partial charge in [0.15, 0.2) is 0 Å². The fraction of sp³-hybridized carbons (Fsp3) is 0.400. The van der Waals surface area contributed by atoms with Gasteiger partial charge < -0.3 is 4.74 Å². The molecule has 27 heavy (non-hydrogen) atoms. The molecule has 2 aromatic carbocycles. The van der Waals surface area contributed by atoms with Gasteiger partial charge in [-0.25, -0.2) is 0 Å². The van der Waals surface area contributed by atoms with E-state index >= 15 is 0 Å². The predicted molar refractivity (Wildman–Crippen MR) is 112 cm³/mol. The van der Waals surface area contributed by atoms with Gasteiger partial charge >= 0.3 is 0 Å². The number of ether oxygens (including phenoxy) is 1. The highest BCUT2D eigenvalue weighted by Gasteiger charge is 2.15. The molecule has 0 heterocycles. The highest BCUT2D eigenvalue weighted by atomic mass is 16.5. The Hall–Kier alpha value is -2.53. The summed E-state index contributed by atoms with van der Waals surface area (Å²) >= 11 is 0.